The molecule has 0 saturated carbocycles. The maximum atomic E-state index is 12.1. The van der Waals surface area contributed by atoms with Gasteiger partial charge in [0.1, 0.15) is 0 Å². The SMILES string of the molecule is O=C(NC1CCN([C@@H]2CCS(=O)(=O)C2)CC1)c1cc(Br)cs1. The molecule has 0 unspecified atom stereocenters. The third-order valence-electron chi connectivity index (χ3n) is 4.38. The first kappa shape index (κ1) is 16.4. The minimum Gasteiger partial charge on any atom is -0.349 e. The highest BCUT2D eigenvalue weighted by molar-refractivity contribution is 9.10. The lowest BCUT2D eigenvalue weighted by Crippen LogP contribution is -2.48. The number of piperidine rings is 1. The van der Waals surface area contributed by atoms with Crippen LogP contribution in [0.3, 0.4) is 0 Å². The van der Waals surface area contributed by atoms with Crippen molar-refractivity contribution >= 4 is 43.0 Å². The summed E-state index contributed by atoms with van der Waals surface area (Å²) in [6.45, 7) is 1.72. The molecule has 0 bridgehead atoms. The van der Waals surface area contributed by atoms with Crippen LogP contribution in [0.2, 0.25) is 0 Å². The lowest BCUT2D eigenvalue weighted by Gasteiger charge is -2.35. The first-order valence-corrected chi connectivity index (χ1v) is 10.9. The lowest BCUT2D eigenvalue weighted by molar-refractivity contribution is 0.0902. The molecule has 1 N–H and O–H groups in total. The number of hydrogen-bond acceptors (Lipinski definition) is 5. The Kier molecular flexibility index (Phi) is 4.92. The van der Waals surface area contributed by atoms with Gasteiger partial charge in [-0.2, -0.15) is 0 Å². The van der Waals surface area contributed by atoms with E-state index in [1.165, 1.54) is 11.3 Å². The van der Waals surface area contributed by atoms with Crippen molar-refractivity contribution in [1.82, 2.24) is 10.2 Å². The van der Waals surface area contributed by atoms with Gasteiger partial charge in [0.05, 0.1) is 16.4 Å². The largest absolute Gasteiger partial charge is 0.349 e. The molecule has 122 valence electrons. The second-order valence-electron chi connectivity index (χ2n) is 5.97. The average molecular weight is 407 g/mol. The van der Waals surface area contributed by atoms with Gasteiger partial charge in [0.15, 0.2) is 9.84 Å². The molecule has 2 aliphatic heterocycles. The Labute approximate surface area is 143 Å². The van der Waals surface area contributed by atoms with Crippen molar-refractivity contribution < 1.29 is 13.2 Å². The normalized spacial score (nSPS) is 26.1. The predicted octanol–water partition coefficient (Wildman–Crippen LogP) is 1.89. The van der Waals surface area contributed by atoms with Gasteiger partial charge in [-0.25, -0.2) is 8.42 Å². The summed E-state index contributed by atoms with van der Waals surface area (Å²) in [5.74, 6) is 0.604. The summed E-state index contributed by atoms with van der Waals surface area (Å²) in [5, 5.41) is 4.98. The van der Waals surface area contributed by atoms with Gasteiger partial charge in [-0.3, -0.25) is 9.69 Å². The molecule has 1 aromatic rings. The third-order valence-corrected chi connectivity index (χ3v) is 7.82. The zero-order chi connectivity index (χ0) is 15.7. The number of nitrogens with one attached hydrogen (secondary N) is 1. The molecule has 2 fully saturated rings. The lowest BCUT2D eigenvalue weighted by atomic mass is 10.0. The Bertz CT molecular complexity index is 651. The molecule has 3 rings (SSSR count). The average Bonchev–Trinajstić information content (AvgIpc) is 3.05. The van der Waals surface area contributed by atoms with Crippen LogP contribution >= 0.6 is 27.3 Å². The van der Waals surface area contributed by atoms with Gasteiger partial charge < -0.3 is 5.32 Å². The van der Waals surface area contributed by atoms with Crippen LogP contribution in [-0.4, -0.2) is 55.9 Å². The number of amides is 1. The molecule has 22 heavy (non-hydrogen) atoms. The van der Waals surface area contributed by atoms with Crippen molar-refractivity contribution in [3.05, 3.63) is 20.8 Å². The Balaban J connectivity index is 1.49. The second kappa shape index (κ2) is 6.59. The van der Waals surface area contributed by atoms with Crippen molar-refractivity contribution in [3.8, 4) is 0 Å². The number of thiophene rings is 1. The van der Waals surface area contributed by atoms with Crippen LogP contribution in [0.15, 0.2) is 15.9 Å². The summed E-state index contributed by atoms with van der Waals surface area (Å²) < 4.78 is 24.1. The number of carbonyl (C=O) groups excluding carboxylic acids is 1. The molecule has 2 aliphatic rings. The standard InChI is InChI=1S/C14H19BrN2O3S2/c15-10-7-13(21-8-10)14(18)16-11-1-4-17(5-2-11)12-3-6-22(19,20)9-12/h7-8,11-12H,1-6,9H2,(H,16,18)/t12-/m1/s1. The van der Waals surface area contributed by atoms with Crippen molar-refractivity contribution in [2.45, 2.75) is 31.3 Å². The summed E-state index contributed by atoms with van der Waals surface area (Å²) in [6.07, 6.45) is 2.52. The van der Waals surface area contributed by atoms with E-state index in [-0.39, 0.29) is 18.0 Å². The molecular formula is C14H19BrN2O3S2. The molecule has 0 aliphatic carbocycles. The fourth-order valence-electron chi connectivity index (χ4n) is 3.16. The van der Waals surface area contributed by atoms with E-state index in [0.717, 1.165) is 41.7 Å². The van der Waals surface area contributed by atoms with Crippen LogP contribution < -0.4 is 5.32 Å². The highest BCUT2D eigenvalue weighted by atomic mass is 79.9. The number of likely N-dealkylation sites (tertiary alicyclic amines) is 1. The number of rotatable bonds is 3. The van der Waals surface area contributed by atoms with E-state index in [1.54, 1.807) is 0 Å². The number of nitrogens with zero attached hydrogens (tertiary/aromatic N) is 1. The van der Waals surface area contributed by atoms with Crippen LogP contribution in [0, 0.1) is 0 Å². The molecule has 1 aromatic heterocycles. The highest BCUT2D eigenvalue weighted by Crippen LogP contribution is 2.23. The van der Waals surface area contributed by atoms with E-state index < -0.39 is 9.84 Å². The monoisotopic (exact) mass is 406 g/mol. The second-order valence-corrected chi connectivity index (χ2v) is 10.0. The Hall–Kier alpha value is -0.440. The van der Waals surface area contributed by atoms with Crippen LogP contribution in [0.5, 0.6) is 0 Å². The van der Waals surface area contributed by atoms with E-state index in [4.69, 9.17) is 0 Å². The molecule has 1 amide bonds. The fourth-order valence-corrected chi connectivity index (χ4v) is 6.25. The first-order valence-electron chi connectivity index (χ1n) is 7.42. The topological polar surface area (TPSA) is 66.5 Å². The molecule has 0 spiro atoms. The van der Waals surface area contributed by atoms with Crippen molar-refractivity contribution in [2.24, 2.45) is 0 Å². The van der Waals surface area contributed by atoms with Gasteiger partial charge in [0.25, 0.3) is 5.91 Å². The molecular weight excluding hydrogens is 388 g/mol. The van der Waals surface area contributed by atoms with Gasteiger partial charge in [0.2, 0.25) is 0 Å². The summed E-state index contributed by atoms with van der Waals surface area (Å²) >= 11 is 4.79. The van der Waals surface area contributed by atoms with Crippen LogP contribution in [-0.2, 0) is 9.84 Å². The molecule has 5 nitrogen and oxygen atoms in total. The molecule has 2 saturated heterocycles. The summed E-state index contributed by atoms with van der Waals surface area (Å²) in [4.78, 5) is 15.1. The van der Waals surface area contributed by atoms with Crippen molar-refractivity contribution in [2.75, 3.05) is 24.6 Å². The minimum absolute atomic E-state index is 0.0161. The zero-order valence-electron chi connectivity index (χ0n) is 12.1. The Morgan fingerprint density at radius 1 is 1.32 bits per heavy atom. The number of halogens is 1. The van der Waals surface area contributed by atoms with E-state index in [1.807, 2.05) is 11.4 Å². The first-order chi connectivity index (χ1) is 10.4. The smallest absolute Gasteiger partial charge is 0.261 e. The summed E-state index contributed by atoms with van der Waals surface area (Å²) in [5.41, 5.74) is 0. The van der Waals surface area contributed by atoms with Crippen LogP contribution in [0.1, 0.15) is 28.9 Å². The molecule has 3 heterocycles. The predicted molar refractivity (Wildman–Crippen MR) is 91.1 cm³/mol. The van der Waals surface area contributed by atoms with Gasteiger partial charge in [0, 0.05) is 35.0 Å². The number of hydrogen-bond donors (Lipinski definition) is 1. The molecule has 0 radical (unpaired) electrons. The van der Waals surface area contributed by atoms with Crippen LogP contribution in [0.4, 0.5) is 0 Å². The van der Waals surface area contributed by atoms with E-state index in [2.05, 4.69) is 26.1 Å². The van der Waals surface area contributed by atoms with Gasteiger partial charge in [-0.1, -0.05) is 0 Å². The van der Waals surface area contributed by atoms with E-state index >= 15 is 0 Å². The maximum absolute atomic E-state index is 12.1. The molecule has 0 aromatic carbocycles. The van der Waals surface area contributed by atoms with Crippen LogP contribution in [0.25, 0.3) is 0 Å². The van der Waals surface area contributed by atoms with Gasteiger partial charge in [-0.15, -0.1) is 11.3 Å². The third kappa shape index (κ3) is 3.90. The molecule has 1 atom stereocenters. The van der Waals surface area contributed by atoms with E-state index in [0.29, 0.717) is 11.5 Å². The van der Waals surface area contributed by atoms with Gasteiger partial charge >= 0.3 is 0 Å². The maximum Gasteiger partial charge on any atom is 0.261 e. The Morgan fingerprint density at radius 2 is 2.05 bits per heavy atom. The van der Waals surface area contributed by atoms with Crippen molar-refractivity contribution in [1.29, 1.82) is 0 Å². The Morgan fingerprint density at radius 3 is 2.59 bits per heavy atom. The minimum atomic E-state index is -2.83. The summed E-state index contributed by atoms with van der Waals surface area (Å²) in [7, 11) is -2.83. The molecule has 8 heteroatoms. The quantitative estimate of drug-likeness (QED) is 0.831. The zero-order valence-corrected chi connectivity index (χ0v) is 15.3. The summed E-state index contributed by atoms with van der Waals surface area (Å²) in [6, 6.07) is 2.19. The van der Waals surface area contributed by atoms with E-state index in [9.17, 15) is 13.2 Å². The highest BCUT2D eigenvalue weighted by Gasteiger charge is 2.34. The fraction of sp³-hybridized carbons (Fsp3) is 0.643. The number of sulfone groups is 1. The number of carbonyl (C=O) groups is 1. The van der Waals surface area contributed by atoms with Gasteiger partial charge in [-0.05, 0) is 41.3 Å². The van der Waals surface area contributed by atoms with Crippen molar-refractivity contribution in [3.63, 3.8) is 0 Å².